The third-order valence-corrected chi connectivity index (χ3v) is 3.96. The van der Waals surface area contributed by atoms with E-state index in [2.05, 4.69) is 15.1 Å². The van der Waals surface area contributed by atoms with Crippen molar-refractivity contribution in [2.24, 2.45) is 5.16 Å². The first-order chi connectivity index (χ1) is 12.5. The zero-order chi connectivity index (χ0) is 19.9. The minimum atomic E-state index is -4.99. The summed E-state index contributed by atoms with van der Waals surface area (Å²) in [5.74, 6) is -3.36. The lowest BCUT2D eigenvalue weighted by molar-refractivity contribution is -0.355. The summed E-state index contributed by atoms with van der Waals surface area (Å²) in [7, 11) is 0. The Bertz CT molecular complexity index is 841. The second kappa shape index (κ2) is 6.55. The Labute approximate surface area is 148 Å². The highest BCUT2D eigenvalue weighted by molar-refractivity contribution is 6.01. The van der Waals surface area contributed by atoms with Crippen LogP contribution in [0, 0.1) is 0 Å². The molecule has 0 spiro atoms. The Morgan fingerprint density at radius 2 is 1.74 bits per heavy atom. The Hall–Kier alpha value is -2.56. The van der Waals surface area contributed by atoms with Gasteiger partial charge in [-0.05, 0) is 17.2 Å². The maximum absolute atomic E-state index is 12.7. The van der Waals surface area contributed by atoms with Crippen molar-refractivity contribution < 1.29 is 36.3 Å². The summed E-state index contributed by atoms with van der Waals surface area (Å²) >= 11 is 0. The van der Waals surface area contributed by atoms with Crippen molar-refractivity contribution in [3.63, 3.8) is 0 Å². The van der Waals surface area contributed by atoms with E-state index in [0.29, 0.717) is 16.8 Å². The summed E-state index contributed by atoms with van der Waals surface area (Å²) in [6, 6.07) is 7.48. The van der Waals surface area contributed by atoms with Gasteiger partial charge < -0.3 is 9.94 Å². The van der Waals surface area contributed by atoms with Crippen LogP contribution in [-0.2, 0) is 17.8 Å². The largest absolute Gasteiger partial charge is 0.458 e. The predicted octanol–water partition coefficient (Wildman–Crippen LogP) is 3.41. The molecule has 0 aliphatic carbocycles. The summed E-state index contributed by atoms with van der Waals surface area (Å²) in [5.41, 5.74) is 1.20. The van der Waals surface area contributed by atoms with Gasteiger partial charge in [-0.2, -0.15) is 31.4 Å². The minimum absolute atomic E-state index is 0.0801. The van der Waals surface area contributed by atoms with Crippen molar-refractivity contribution in [1.82, 2.24) is 9.78 Å². The van der Waals surface area contributed by atoms with E-state index >= 15 is 0 Å². The summed E-state index contributed by atoms with van der Waals surface area (Å²) in [5, 5.41) is 16.4. The maximum atomic E-state index is 12.7. The zero-order valence-electron chi connectivity index (χ0n) is 13.6. The number of oxime groups is 1. The van der Waals surface area contributed by atoms with Crippen molar-refractivity contribution in [2.45, 2.75) is 37.5 Å². The molecule has 27 heavy (non-hydrogen) atoms. The topological polar surface area (TPSA) is 59.6 Å². The molecular weight excluding hydrogens is 380 g/mol. The minimum Gasteiger partial charge on any atom is -0.350 e. The lowest BCUT2D eigenvalue weighted by Gasteiger charge is -2.22. The van der Waals surface area contributed by atoms with Crippen LogP contribution in [0.2, 0.25) is 0 Å². The number of aliphatic hydroxyl groups is 1. The first-order valence-corrected chi connectivity index (χ1v) is 7.68. The van der Waals surface area contributed by atoms with Gasteiger partial charge in [0.05, 0.1) is 12.1 Å². The van der Waals surface area contributed by atoms with Gasteiger partial charge in [0.15, 0.2) is 0 Å². The molecule has 1 aromatic heterocycles. The molecule has 0 fully saturated rings. The van der Waals surface area contributed by atoms with E-state index in [1.807, 2.05) is 0 Å². The number of nitrogens with zero attached hydrogens (tertiary/aromatic N) is 3. The summed E-state index contributed by atoms with van der Waals surface area (Å²) in [6.45, 7) is -1.21. The standard InChI is InChI=1S/C16H13F6N3O2/c17-15(18,19)9-25-12(5-6-23-25)7-10-1-3-11(4-2-10)13-8-14(26,27-24-13)16(20,21)22/h1-6,26H,7-9H2. The van der Waals surface area contributed by atoms with Crippen LogP contribution in [0.25, 0.3) is 0 Å². The van der Waals surface area contributed by atoms with E-state index in [1.54, 1.807) is 12.1 Å². The average molecular weight is 393 g/mol. The third kappa shape index (κ3) is 4.24. The van der Waals surface area contributed by atoms with Gasteiger partial charge in [0, 0.05) is 18.3 Å². The second-order valence-electron chi connectivity index (χ2n) is 6.06. The van der Waals surface area contributed by atoms with Gasteiger partial charge in [0.1, 0.15) is 6.54 Å². The Balaban J connectivity index is 1.70. The van der Waals surface area contributed by atoms with Crippen molar-refractivity contribution in [2.75, 3.05) is 0 Å². The number of aromatic nitrogens is 2. The van der Waals surface area contributed by atoms with Crippen LogP contribution in [0.5, 0.6) is 0 Å². The lowest BCUT2D eigenvalue weighted by atomic mass is 10.00. The lowest BCUT2D eigenvalue weighted by Crippen LogP contribution is -2.45. The van der Waals surface area contributed by atoms with Crippen molar-refractivity contribution >= 4 is 5.71 Å². The predicted molar refractivity (Wildman–Crippen MR) is 80.8 cm³/mol. The van der Waals surface area contributed by atoms with Gasteiger partial charge in [-0.1, -0.05) is 29.4 Å². The van der Waals surface area contributed by atoms with E-state index in [0.717, 1.165) is 4.68 Å². The van der Waals surface area contributed by atoms with Crippen molar-refractivity contribution in [1.29, 1.82) is 0 Å². The molecule has 5 nitrogen and oxygen atoms in total. The maximum Gasteiger partial charge on any atom is 0.458 e. The average Bonchev–Trinajstić information content (AvgIpc) is 3.14. The molecule has 3 rings (SSSR count). The van der Waals surface area contributed by atoms with E-state index in [-0.39, 0.29) is 12.1 Å². The number of hydrogen-bond donors (Lipinski definition) is 1. The van der Waals surface area contributed by atoms with Crippen LogP contribution >= 0.6 is 0 Å². The smallest absolute Gasteiger partial charge is 0.350 e. The van der Waals surface area contributed by atoms with Gasteiger partial charge in [0.25, 0.3) is 0 Å². The highest BCUT2D eigenvalue weighted by Gasteiger charge is 2.60. The number of alkyl halides is 6. The SMILES string of the molecule is OC1(C(F)(F)F)CC(c2ccc(Cc3ccnn3CC(F)(F)F)cc2)=NO1. The third-order valence-electron chi connectivity index (χ3n) is 3.96. The van der Waals surface area contributed by atoms with Crippen LogP contribution in [0.4, 0.5) is 26.3 Å². The van der Waals surface area contributed by atoms with E-state index in [9.17, 15) is 31.4 Å². The molecule has 1 atom stereocenters. The number of rotatable bonds is 4. The molecule has 0 bridgehead atoms. The summed E-state index contributed by atoms with van der Waals surface area (Å²) in [6.07, 6.45) is -8.83. The Morgan fingerprint density at radius 3 is 2.30 bits per heavy atom. The summed E-state index contributed by atoms with van der Waals surface area (Å²) < 4.78 is 76.6. The molecule has 1 N–H and O–H groups in total. The molecule has 11 heteroatoms. The fourth-order valence-electron chi connectivity index (χ4n) is 2.58. The monoisotopic (exact) mass is 393 g/mol. The van der Waals surface area contributed by atoms with Gasteiger partial charge in [-0.25, -0.2) is 0 Å². The van der Waals surface area contributed by atoms with Gasteiger partial charge in [-0.15, -0.1) is 0 Å². The van der Waals surface area contributed by atoms with Crippen LogP contribution in [-0.4, -0.2) is 38.7 Å². The molecule has 0 saturated heterocycles. The molecular formula is C16H13F6N3O2. The molecule has 1 unspecified atom stereocenters. The molecule has 0 radical (unpaired) electrons. The van der Waals surface area contributed by atoms with E-state index < -0.39 is 31.1 Å². The van der Waals surface area contributed by atoms with Crippen molar-refractivity contribution in [3.05, 3.63) is 53.3 Å². The molecule has 1 aromatic carbocycles. The fraction of sp³-hybridized carbons (Fsp3) is 0.375. The van der Waals surface area contributed by atoms with Crippen LogP contribution in [0.3, 0.4) is 0 Å². The molecule has 1 aliphatic rings. The first kappa shape index (κ1) is 19.2. The Morgan fingerprint density at radius 1 is 1.07 bits per heavy atom. The highest BCUT2D eigenvalue weighted by atomic mass is 19.4. The molecule has 0 saturated carbocycles. The fourth-order valence-corrected chi connectivity index (χ4v) is 2.58. The number of benzene rings is 1. The van der Waals surface area contributed by atoms with Gasteiger partial charge in [0.2, 0.25) is 0 Å². The van der Waals surface area contributed by atoms with E-state index in [4.69, 9.17) is 0 Å². The second-order valence-corrected chi connectivity index (χ2v) is 6.06. The molecule has 2 aromatic rings. The quantitative estimate of drug-likeness (QED) is 0.810. The number of hydrogen-bond acceptors (Lipinski definition) is 4. The van der Waals surface area contributed by atoms with Crippen molar-refractivity contribution in [3.8, 4) is 0 Å². The normalized spacial score (nSPS) is 20.5. The number of halogens is 6. The molecule has 2 heterocycles. The van der Waals surface area contributed by atoms with Crippen LogP contribution < -0.4 is 0 Å². The van der Waals surface area contributed by atoms with E-state index in [1.165, 1.54) is 24.4 Å². The van der Waals surface area contributed by atoms with Crippen LogP contribution in [0.1, 0.15) is 23.2 Å². The molecule has 0 amide bonds. The summed E-state index contributed by atoms with van der Waals surface area (Å²) in [4.78, 5) is 4.15. The Kier molecular flexibility index (Phi) is 4.66. The molecule has 146 valence electrons. The van der Waals surface area contributed by atoms with Crippen LogP contribution in [0.15, 0.2) is 41.7 Å². The zero-order valence-corrected chi connectivity index (χ0v) is 13.6. The first-order valence-electron chi connectivity index (χ1n) is 7.68. The highest BCUT2D eigenvalue weighted by Crippen LogP contribution is 2.38. The molecule has 1 aliphatic heterocycles. The van der Waals surface area contributed by atoms with Gasteiger partial charge >= 0.3 is 18.1 Å². The van der Waals surface area contributed by atoms with Gasteiger partial charge in [-0.3, -0.25) is 4.68 Å².